The normalized spacial score (nSPS) is 16.4. The summed E-state index contributed by atoms with van der Waals surface area (Å²) in [5.41, 5.74) is 3.78. The summed E-state index contributed by atoms with van der Waals surface area (Å²) in [6.45, 7) is 2.26. The van der Waals surface area contributed by atoms with E-state index >= 15 is 0 Å². The Morgan fingerprint density at radius 1 is 1.29 bits per heavy atom. The molecule has 1 saturated carbocycles. The second-order valence-corrected chi connectivity index (χ2v) is 8.57. The SMILES string of the molecule is CC(=O)N1CCc2ccc(Nc3cc(=NC4CC4)n4ncc(=Cc5[nH]c(=O)[nH]c5O)c4n3)cc21. The smallest absolute Gasteiger partial charge is 0.326 e. The van der Waals surface area contributed by atoms with Crippen LogP contribution in [0.15, 0.2) is 40.2 Å². The molecular weight excluding hydrogens is 436 g/mol. The number of nitrogens with zero attached hydrogens (tertiary/aromatic N) is 5. The molecule has 1 amide bonds. The van der Waals surface area contributed by atoms with Crippen molar-refractivity contribution in [3.63, 3.8) is 0 Å². The van der Waals surface area contributed by atoms with Crippen LogP contribution < -0.4 is 26.6 Å². The number of hydrogen-bond donors (Lipinski definition) is 4. The second kappa shape index (κ2) is 7.58. The number of benzene rings is 1. The molecule has 0 spiro atoms. The molecule has 0 atom stereocenters. The third-order valence-electron chi connectivity index (χ3n) is 6.01. The number of H-pyrrole nitrogens is 2. The number of aromatic hydroxyl groups is 1. The Labute approximate surface area is 192 Å². The lowest BCUT2D eigenvalue weighted by Gasteiger charge is -2.16. The van der Waals surface area contributed by atoms with E-state index in [-0.39, 0.29) is 23.5 Å². The Morgan fingerprint density at radius 3 is 2.88 bits per heavy atom. The van der Waals surface area contributed by atoms with Gasteiger partial charge in [-0.15, -0.1) is 0 Å². The summed E-state index contributed by atoms with van der Waals surface area (Å²) in [5.74, 6) is 0.335. The minimum atomic E-state index is -0.504. The fourth-order valence-electron chi connectivity index (χ4n) is 4.19. The zero-order valence-electron chi connectivity index (χ0n) is 18.4. The Hall–Kier alpha value is -4.41. The molecule has 1 aliphatic heterocycles. The van der Waals surface area contributed by atoms with Crippen molar-refractivity contribution in [1.82, 2.24) is 24.6 Å². The molecule has 4 heterocycles. The van der Waals surface area contributed by atoms with Crippen LogP contribution in [0.1, 0.15) is 31.0 Å². The zero-order chi connectivity index (χ0) is 23.4. The van der Waals surface area contributed by atoms with Gasteiger partial charge in [-0.05, 0) is 43.0 Å². The van der Waals surface area contributed by atoms with Gasteiger partial charge in [0.1, 0.15) is 11.5 Å². The van der Waals surface area contributed by atoms with Gasteiger partial charge in [-0.25, -0.2) is 9.78 Å². The molecule has 6 rings (SSSR count). The number of rotatable bonds is 4. The van der Waals surface area contributed by atoms with Gasteiger partial charge in [0.15, 0.2) is 11.1 Å². The summed E-state index contributed by atoms with van der Waals surface area (Å²) in [4.78, 5) is 39.6. The minimum Gasteiger partial charge on any atom is -0.493 e. The van der Waals surface area contributed by atoms with Gasteiger partial charge in [-0.2, -0.15) is 9.61 Å². The van der Waals surface area contributed by atoms with E-state index in [4.69, 9.17) is 9.98 Å². The molecule has 34 heavy (non-hydrogen) atoms. The molecule has 4 aromatic rings. The summed E-state index contributed by atoms with van der Waals surface area (Å²) < 4.78 is 1.65. The molecule has 172 valence electrons. The molecule has 0 saturated heterocycles. The fourth-order valence-corrected chi connectivity index (χ4v) is 4.19. The Bertz CT molecular complexity index is 1630. The predicted molar refractivity (Wildman–Crippen MR) is 125 cm³/mol. The molecule has 0 unspecified atom stereocenters. The second-order valence-electron chi connectivity index (χ2n) is 8.57. The fraction of sp³-hybridized carbons (Fsp3) is 0.261. The lowest BCUT2D eigenvalue weighted by atomic mass is 10.1. The van der Waals surface area contributed by atoms with E-state index in [2.05, 4.69) is 20.4 Å². The lowest BCUT2D eigenvalue weighted by molar-refractivity contribution is -0.116. The van der Waals surface area contributed by atoms with E-state index in [0.29, 0.717) is 28.7 Å². The van der Waals surface area contributed by atoms with Gasteiger partial charge < -0.3 is 20.3 Å². The highest BCUT2D eigenvalue weighted by Gasteiger charge is 2.23. The Balaban J connectivity index is 1.46. The Kier molecular flexibility index (Phi) is 4.51. The monoisotopic (exact) mass is 458 g/mol. The first-order valence-electron chi connectivity index (χ1n) is 11.1. The van der Waals surface area contributed by atoms with E-state index in [9.17, 15) is 14.7 Å². The minimum absolute atomic E-state index is 0.0199. The van der Waals surface area contributed by atoms with Crippen LogP contribution in [0.3, 0.4) is 0 Å². The van der Waals surface area contributed by atoms with Gasteiger partial charge in [-0.3, -0.25) is 14.8 Å². The van der Waals surface area contributed by atoms with Gasteiger partial charge in [0.25, 0.3) is 0 Å². The quantitative estimate of drug-likeness (QED) is 0.355. The molecule has 11 heteroatoms. The van der Waals surface area contributed by atoms with Crippen LogP contribution in [0, 0.1) is 0 Å². The van der Waals surface area contributed by atoms with E-state index in [1.807, 2.05) is 24.3 Å². The number of hydrogen-bond acceptors (Lipinski definition) is 7. The maximum atomic E-state index is 12.0. The van der Waals surface area contributed by atoms with Gasteiger partial charge in [0.05, 0.1) is 12.2 Å². The average molecular weight is 458 g/mol. The Morgan fingerprint density at radius 2 is 2.15 bits per heavy atom. The molecule has 0 bridgehead atoms. The standard InChI is InChI=1S/C23H22N8O3/c1-12(32)30-7-6-13-2-3-16(9-18(13)30)25-19-10-20(26-15-4-5-15)31-21(28-19)14(11-24-31)8-17-22(33)29-23(34)27-17/h2-3,8-11,15,25,33H,4-7H2,1H3,(H2,27,29,34). The van der Waals surface area contributed by atoms with Gasteiger partial charge in [0.2, 0.25) is 11.8 Å². The van der Waals surface area contributed by atoms with Crippen molar-refractivity contribution in [2.45, 2.75) is 32.2 Å². The first kappa shape index (κ1) is 20.2. The van der Waals surface area contributed by atoms with Crippen molar-refractivity contribution >= 4 is 34.8 Å². The number of aromatic nitrogens is 5. The molecular formula is C23H22N8O3. The first-order valence-corrected chi connectivity index (χ1v) is 11.1. The molecule has 11 nitrogen and oxygen atoms in total. The van der Waals surface area contributed by atoms with Crippen LogP contribution in [-0.2, 0) is 11.2 Å². The summed E-state index contributed by atoms with van der Waals surface area (Å²) in [5, 5.41) is 18.3. The summed E-state index contributed by atoms with van der Waals surface area (Å²) in [7, 11) is 0. The highest BCUT2D eigenvalue weighted by atomic mass is 16.3. The zero-order valence-corrected chi connectivity index (χ0v) is 18.4. The van der Waals surface area contributed by atoms with Crippen molar-refractivity contribution in [3.8, 4) is 5.88 Å². The number of amides is 1. The van der Waals surface area contributed by atoms with Crippen LogP contribution in [-0.4, -0.2) is 48.2 Å². The number of carbonyl (C=O) groups is 1. The maximum absolute atomic E-state index is 12.0. The predicted octanol–water partition coefficient (Wildman–Crippen LogP) is 0.715. The van der Waals surface area contributed by atoms with Crippen molar-refractivity contribution in [2.75, 3.05) is 16.8 Å². The summed E-state index contributed by atoms with van der Waals surface area (Å²) >= 11 is 0. The third kappa shape index (κ3) is 3.60. The number of anilines is 3. The lowest BCUT2D eigenvalue weighted by Crippen LogP contribution is -2.25. The van der Waals surface area contributed by atoms with Crippen LogP contribution in [0.4, 0.5) is 17.2 Å². The van der Waals surface area contributed by atoms with E-state index in [1.165, 1.54) is 0 Å². The average Bonchev–Trinajstić information content (AvgIpc) is 3.21. The molecule has 1 aliphatic carbocycles. The van der Waals surface area contributed by atoms with Gasteiger partial charge in [-0.1, -0.05) is 6.07 Å². The summed E-state index contributed by atoms with van der Waals surface area (Å²) in [6, 6.07) is 8.06. The molecule has 1 aromatic carbocycles. The molecule has 2 aliphatic rings. The topological polar surface area (TPSA) is 144 Å². The van der Waals surface area contributed by atoms with Crippen LogP contribution in [0.5, 0.6) is 5.88 Å². The third-order valence-corrected chi connectivity index (χ3v) is 6.01. The van der Waals surface area contributed by atoms with Crippen LogP contribution >= 0.6 is 0 Å². The number of aromatic amines is 2. The van der Waals surface area contributed by atoms with Crippen LogP contribution in [0.25, 0.3) is 11.7 Å². The number of nitrogens with one attached hydrogen (secondary N) is 3. The van der Waals surface area contributed by atoms with Crippen molar-refractivity contribution < 1.29 is 9.90 Å². The van der Waals surface area contributed by atoms with Crippen molar-refractivity contribution in [1.29, 1.82) is 0 Å². The number of fused-ring (bicyclic) bond motifs is 2. The van der Waals surface area contributed by atoms with Crippen LogP contribution in [0.2, 0.25) is 0 Å². The maximum Gasteiger partial charge on any atom is 0.326 e. The van der Waals surface area contributed by atoms with Gasteiger partial charge >= 0.3 is 5.69 Å². The molecule has 4 N–H and O–H groups in total. The molecule has 0 radical (unpaired) electrons. The number of carbonyl (C=O) groups excluding carboxylic acids is 1. The molecule has 1 fully saturated rings. The van der Waals surface area contributed by atoms with E-state index < -0.39 is 5.69 Å². The highest BCUT2D eigenvalue weighted by molar-refractivity contribution is 5.94. The molecule has 3 aromatic heterocycles. The van der Waals surface area contributed by atoms with Crippen molar-refractivity contribution in [3.05, 3.63) is 62.9 Å². The van der Waals surface area contributed by atoms with Crippen molar-refractivity contribution in [2.24, 2.45) is 4.99 Å². The van der Waals surface area contributed by atoms with Gasteiger partial charge in [0, 0.05) is 36.1 Å². The summed E-state index contributed by atoms with van der Waals surface area (Å²) in [6.07, 6.45) is 6.14. The first-order chi connectivity index (χ1) is 16.4. The van der Waals surface area contributed by atoms with E-state index in [1.54, 1.807) is 28.6 Å². The largest absolute Gasteiger partial charge is 0.493 e. The highest BCUT2D eigenvalue weighted by Crippen LogP contribution is 2.31. The number of imidazole rings is 1. The van der Waals surface area contributed by atoms with E-state index in [0.717, 1.165) is 36.2 Å².